The van der Waals surface area contributed by atoms with Crippen molar-refractivity contribution in [2.45, 2.75) is 27.2 Å². The second-order valence-corrected chi connectivity index (χ2v) is 5.06. The van der Waals surface area contributed by atoms with Crippen LogP contribution in [-0.2, 0) is 4.79 Å². The highest BCUT2D eigenvalue weighted by Crippen LogP contribution is 2.07. The zero-order chi connectivity index (χ0) is 15.0. The normalized spacial score (nSPS) is 11.5. The van der Waals surface area contributed by atoms with Crippen LogP contribution in [0.4, 0.5) is 5.69 Å². The molecule has 0 aromatic heterocycles. The molecule has 0 spiro atoms. The van der Waals surface area contributed by atoms with Crippen molar-refractivity contribution in [1.82, 2.24) is 5.32 Å². The summed E-state index contributed by atoms with van der Waals surface area (Å²) in [4.78, 5) is 15.5. The lowest BCUT2D eigenvalue weighted by atomic mass is 10.2. The van der Waals surface area contributed by atoms with E-state index in [9.17, 15) is 4.79 Å². The molecule has 0 saturated heterocycles. The third kappa shape index (κ3) is 6.22. The molecule has 20 heavy (non-hydrogen) atoms. The topological polar surface area (TPSA) is 79.5 Å². The molecule has 0 bridgehead atoms. The summed E-state index contributed by atoms with van der Waals surface area (Å²) in [5.41, 5.74) is 7.91. The van der Waals surface area contributed by atoms with Crippen LogP contribution in [0.2, 0.25) is 0 Å². The van der Waals surface area contributed by atoms with Crippen LogP contribution < -0.4 is 16.4 Å². The first-order valence-corrected chi connectivity index (χ1v) is 6.90. The number of benzene rings is 1. The van der Waals surface area contributed by atoms with Gasteiger partial charge in [-0.1, -0.05) is 31.5 Å². The van der Waals surface area contributed by atoms with Crippen LogP contribution in [0, 0.1) is 12.8 Å². The molecule has 0 radical (unpaired) electrons. The number of aryl methyl sites for hydroxylation is 1. The van der Waals surface area contributed by atoms with Gasteiger partial charge in [-0.05, 0) is 25.5 Å². The van der Waals surface area contributed by atoms with Crippen molar-refractivity contribution in [2.75, 3.05) is 18.4 Å². The van der Waals surface area contributed by atoms with Crippen LogP contribution in [0.15, 0.2) is 29.3 Å². The Morgan fingerprint density at radius 3 is 2.55 bits per heavy atom. The highest BCUT2D eigenvalue weighted by atomic mass is 16.1. The highest BCUT2D eigenvalue weighted by Gasteiger charge is 2.04. The van der Waals surface area contributed by atoms with E-state index in [-0.39, 0.29) is 11.8 Å². The van der Waals surface area contributed by atoms with Crippen molar-refractivity contribution in [3.63, 3.8) is 0 Å². The maximum absolute atomic E-state index is 11.3. The van der Waals surface area contributed by atoms with Crippen molar-refractivity contribution < 1.29 is 4.79 Å². The molecule has 0 aliphatic rings. The summed E-state index contributed by atoms with van der Waals surface area (Å²) in [5, 5.41) is 5.87. The number of nitrogens with zero attached hydrogens (tertiary/aromatic N) is 1. The summed E-state index contributed by atoms with van der Waals surface area (Å²) in [6.45, 7) is 6.99. The molecule has 5 heteroatoms. The molecule has 0 unspecified atom stereocenters. The largest absolute Gasteiger partial charge is 0.370 e. The molecule has 0 fully saturated rings. The Labute approximate surface area is 120 Å². The quantitative estimate of drug-likeness (QED) is 0.422. The summed E-state index contributed by atoms with van der Waals surface area (Å²) < 4.78 is 0. The van der Waals surface area contributed by atoms with Gasteiger partial charge >= 0.3 is 0 Å². The van der Waals surface area contributed by atoms with Crippen LogP contribution in [0.3, 0.4) is 0 Å². The van der Waals surface area contributed by atoms with E-state index in [2.05, 4.69) is 15.6 Å². The first-order chi connectivity index (χ1) is 9.49. The Morgan fingerprint density at radius 1 is 1.30 bits per heavy atom. The zero-order valence-electron chi connectivity index (χ0n) is 12.4. The average molecular weight is 276 g/mol. The van der Waals surface area contributed by atoms with Gasteiger partial charge in [-0.2, -0.15) is 0 Å². The number of anilines is 1. The molecule has 0 atom stereocenters. The number of carbonyl (C=O) groups is 1. The molecule has 4 N–H and O–H groups in total. The van der Waals surface area contributed by atoms with Gasteiger partial charge in [0.15, 0.2) is 5.96 Å². The van der Waals surface area contributed by atoms with Crippen molar-refractivity contribution in [2.24, 2.45) is 16.6 Å². The molecule has 1 aromatic rings. The first-order valence-electron chi connectivity index (χ1n) is 6.90. The monoisotopic (exact) mass is 276 g/mol. The van der Waals surface area contributed by atoms with Gasteiger partial charge in [0.2, 0.25) is 5.91 Å². The van der Waals surface area contributed by atoms with E-state index in [1.807, 2.05) is 45.0 Å². The minimum Gasteiger partial charge on any atom is -0.370 e. The van der Waals surface area contributed by atoms with E-state index in [4.69, 9.17) is 5.73 Å². The minimum atomic E-state index is 0.0202. The zero-order valence-corrected chi connectivity index (χ0v) is 12.4. The summed E-state index contributed by atoms with van der Waals surface area (Å²) in [6, 6.07) is 7.94. The van der Waals surface area contributed by atoms with E-state index in [0.29, 0.717) is 19.0 Å². The van der Waals surface area contributed by atoms with Gasteiger partial charge in [0.1, 0.15) is 0 Å². The van der Waals surface area contributed by atoms with Gasteiger partial charge in [0, 0.05) is 24.7 Å². The molecular formula is C15H24N4O. The van der Waals surface area contributed by atoms with Crippen molar-refractivity contribution >= 4 is 17.6 Å². The Bertz CT molecular complexity index is 451. The van der Waals surface area contributed by atoms with E-state index in [1.54, 1.807) is 0 Å². The molecule has 110 valence electrons. The summed E-state index contributed by atoms with van der Waals surface area (Å²) >= 11 is 0. The molecule has 0 saturated carbocycles. The maximum Gasteiger partial charge on any atom is 0.222 e. The number of aliphatic imine (C=N–C) groups is 1. The molecule has 1 rings (SSSR count). The number of amides is 1. The lowest BCUT2D eigenvalue weighted by molar-refractivity contribution is -0.123. The molecule has 0 aliphatic carbocycles. The van der Waals surface area contributed by atoms with Crippen LogP contribution in [0.1, 0.15) is 25.8 Å². The second-order valence-electron chi connectivity index (χ2n) is 5.06. The van der Waals surface area contributed by atoms with Crippen molar-refractivity contribution in [3.8, 4) is 0 Å². The van der Waals surface area contributed by atoms with Gasteiger partial charge in [0.25, 0.3) is 0 Å². The number of carbonyl (C=O) groups excluding carboxylic acids is 1. The number of rotatable bonds is 6. The lowest BCUT2D eigenvalue weighted by Crippen LogP contribution is -2.29. The van der Waals surface area contributed by atoms with Gasteiger partial charge in [-0.15, -0.1) is 0 Å². The minimum absolute atomic E-state index is 0.0202. The van der Waals surface area contributed by atoms with Gasteiger partial charge in [0.05, 0.1) is 0 Å². The number of hydrogen-bond donors (Lipinski definition) is 3. The number of hydrogen-bond acceptors (Lipinski definition) is 2. The van der Waals surface area contributed by atoms with E-state index >= 15 is 0 Å². The number of nitrogens with one attached hydrogen (secondary N) is 2. The van der Waals surface area contributed by atoms with Crippen LogP contribution in [0.5, 0.6) is 0 Å². The Hall–Kier alpha value is -2.04. The third-order valence-corrected chi connectivity index (χ3v) is 2.76. The predicted molar refractivity (Wildman–Crippen MR) is 83.8 cm³/mol. The summed E-state index contributed by atoms with van der Waals surface area (Å²) in [5.74, 6) is 0.482. The molecular weight excluding hydrogens is 252 g/mol. The summed E-state index contributed by atoms with van der Waals surface area (Å²) in [7, 11) is 0. The van der Waals surface area contributed by atoms with E-state index < -0.39 is 0 Å². The Balaban J connectivity index is 2.25. The van der Waals surface area contributed by atoms with Crippen LogP contribution >= 0.6 is 0 Å². The standard InChI is InChI=1S/C15H24N4O/c1-11(2)14(20)17-9-4-10-18-15(16)19-13-7-5-12(3)6-8-13/h5-8,11H,4,9-10H2,1-3H3,(H,17,20)(H3,16,18,19). The molecule has 1 aromatic carbocycles. The predicted octanol–water partition coefficient (Wildman–Crippen LogP) is 1.88. The number of nitrogens with two attached hydrogens (primary N) is 1. The van der Waals surface area contributed by atoms with Crippen LogP contribution in [0.25, 0.3) is 0 Å². The van der Waals surface area contributed by atoms with Gasteiger partial charge in [-0.25, -0.2) is 0 Å². The van der Waals surface area contributed by atoms with E-state index in [1.165, 1.54) is 5.56 Å². The molecule has 0 aliphatic heterocycles. The third-order valence-electron chi connectivity index (χ3n) is 2.76. The fourth-order valence-corrected chi connectivity index (χ4v) is 1.52. The maximum atomic E-state index is 11.3. The van der Waals surface area contributed by atoms with Gasteiger partial charge < -0.3 is 16.4 Å². The highest BCUT2D eigenvalue weighted by molar-refractivity contribution is 5.92. The van der Waals surface area contributed by atoms with Gasteiger partial charge in [-0.3, -0.25) is 9.79 Å². The molecule has 5 nitrogen and oxygen atoms in total. The first kappa shape index (κ1) is 16.0. The fourth-order valence-electron chi connectivity index (χ4n) is 1.52. The lowest BCUT2D eigenvalue weighted by Gasteiger charge is -2.07. The average Bonchev–Trinajstić information content (AvgIpc) is 2.40. The van der Waals surface area contributed by atoms with Crippen molar-refractivity contribution in [3.05, 3.63) is 29.8 Å². The van der Waals surface area contributed by atoms with Crippen LogP contribution in [-0.4, -0.2) is 25.0 Å². The smallest absolute Gasteiger partial charge is 0.222 e. The Kier molecular flexibility index (Phi) is 6.56. The SMILES string of the molecule is Cc1ccc(NC(N)=NCCCNC(=O)C(C)C)cc1. The molecule has 0 heterocycles. The van der Waals surface area contributed by atoms with Crippen molar-refractivity contribution in [1.29, 1.82) is 0 Å². The second kappa shape index (κ2) is 8.19. The molecule has 1 amide bonds. The Morgan fingerprint density at radius 2 is 1.95 bits per heavy atom. The number of guanidine groups is 1. The summed E-state index contributed by atoms with van der Waals surface area (Å²) in [6.07, 6.45) is 0.773. The fraction of sp³-hybridized carbons (Fsp3) is 0.467. The van der Waals surface area contributed by atoms with E-state index in [0.717, 1.165) is 12.1 Å².